The van der Waals surface area contributed by atoms with Gasteiger partial charge in [0.25, 0.3) is 0 Å². The number of phenols is 1. The third kappa shape index (κ3) is 2.35. The smallest absolute Gasteiger partial charge is 0.343 e. The van der Waals surface area contributed by atoms with Crippen LogP contribution in [0, 0.1) is 0 Å². The van der Waals surface area contributed by atoms with Crippen LogP contribution in [0.15, 0.2) is 45.6 Å². The van der Waals surface area contributed by atoms with Gasteiger partial charge in [0.1, 0.15) is 28.1 Å². The molecule has 1 aromatic heterocycles. The predicted octanol–water partition coefficient (Wildman–Crippen LogP) is 2.20. The van der Waals surface area contributed by atoms with Gasteiger partial charge in [-0.3, -0.25) is 4.79 Å². The quantitative estimate of drug-likeness (QED) is 0.589. The average Bonchev–Trinajstić information content (AvgIpc) is 2.52. The zero-order valence-corrected chi connectivity index (χ0v) is 11.7. The molecular formula is C16H12O6. The van der Waals surface area contributed by atoms with Gasteiger partial charge in [0.15, 0.2) is 6.61 Å². The van der Waals surface area contributed by atoms with E-state index in [2.05, 4.69) is 4.74 Å². The number of methoxy groups -OCH3 is 1. The van der Waals surface area contributed by atoms with Crippen molar-refractivity contribution in [3.05, 3.63) is 46.6 Å². The second-order valence-electron chi connectivity index (χ2n) is 4.61. The number of hydrogen-bond acceptors (Lipinski definition) is 6. The standard InChI is InChI=1S/C16H12O6/c1-20-14(18)8-21-9-6-11(17)15-13(7-9)22-12-5-3-2-4-10(12)16(15)19/h2-7,17H,8H2,1H3. The zero-order chi connectivity index (χ0) is 15.7. The van der Waals surface area contributed by atoms with E-state index in [4.69, 9.17) is 9.15 Å². The summed E-state index contributed by atoms with van der Waals surface area (Å²) in [5.74, 6) is -0.620. The molecule has 112 valence electrons. The molecule has 0 amide bonds. The van der Waals surface area contributed by atoms with E-state index in [-0.39, 0.29) is 34.5 Å². The van der Waals surface area contributed by atoms with Crippen LogP contribution in [-0.4, -0.2) is 24.8 Å². The molecule has 6 nitrogen and oxygen atoms in total. The van der Waals surface area contributed by atoms with E-state index in [9.17, 15) is 14.7 Å². The van der Waals surface area contributed by atoms with Gasteiger partial charge in [-0.15, -0.1) is 0 Å². The number of fused-ring (bicyclic) bond motifs is 2. The summed E-state index contributed by atoms with van der Waals surface area (Å²) in [6.45, 7) is -0.306. The summed E-state index contributed by atoms with van der Waals surface area (Å²) in [5, 5.41) is 10.5. The van der Waals surface area contributed by atoms with Gasteiger partial charge in [-0.05, 0) is 12.1 Å². The van der Waals surface area contributed by atoms with Gasteiger partial charge in [0.2, 0.25) is 5.43 Å². The Morgan fingerprint density at radius 3 is 2.77 bits per heavy atom. The van der Waals surface area contributed by atoms with Crippen molar-refractivity contribution in [2.24, 2.45) is 0 Å². The van der Waals surface area contributed by atoms with Gasteiger partial charge in [-0.1, -0.05) is 12.1 Å². The number of phenolic OH excluding ortho intramolecular Hbond substituents is 1. The molecule has 0 aliphatic carbocycles. The molecule has 22 heavy (non-hydrogen) atoms. The molecule has 0 saturated carbocycles. The summed E-state index contributed by atoms with van der Waals surface area (Å²) < 4.78 is 15.3. The summed E-state index contributed by atoms with van der Waals surface area (Å²) in [6, 6.07) is 9.46. The molecule has 0 spiro atoms. The molecule has 3 aromatic rings. The van der Waals surface area contributed by atoms with E-state index >= 15 is 0 Å². The third-order valence-corrected chi connectivity index (χ3v) is 3.22. The molecule has 0 saturated heterocycles. The van der Waals surface area contributed by atoms with Gasteiger partial charge < -0.3 is 19.0 Å². The van der Waals surface area contributed by atoms with Crippen molar-refractivity contribution in [1.29, 1.82) is 0 Å². The van der Waals surface area contributed by atoms with Crippen molar-refractivity contribution in [2.45, 2.75) is 0 Å². The van der Waals surface area contributed by atoms with Crippen LogP contribution >= 0.6 is 0 Å². The largest absolute Gasteiger partial charge is 0.507 e. The summed E-state index contributed by atoms with van der Waals surface area (Å²) in [7, 11) is 1.24. The average molecular weight is 300 g/mol. The van der Waals surface area contributed by atoms with E-state index in [1.54, 1.807) is 24.3 Å². The lowest BCUT2D eigenvalue weighted by Gasteiger charge is -2.08. The number of aromatic hydroxyl groups is 1. The fraction of sp³-hybridized carbons (Fsp3) is 0.125. The van der Waals surface area contributed by atoms with Crippen molar-refractivity contribution in [3.8, 4) is 11.5 Å². The first-order valence-corrected chi connectivity index (χ1v) is 6.48. The SMILES string of the molecule is COC(=O)COc1cc(O)c2c(=O)c3ccccc3oc2c1. The number of hydrogen-bond donors (Lipinski definition) is 1. The number of carbonyl (C=O) groups is 1. The third-order valence-electron chi connectivity index (χ3n) is 3.22. The highest BCUT2D eigenvalue weighted by molar-refractivity contribution is 5.93. The van der Waals surface area contributed by atoms with Crippen molar-refractivity contribution in [1.82, 2.24) is 0 Å². The highest BCUT2D eigenvalue weighted by atomic mass is 16.6. The molecule has 0 atom stereocenters. The molecule has 1 N–H and O–H groups in total. The Morgan fingerprint density at radius 1 is 1.23 bits per heavy atom. The second-order valence-corrected chi connectivity index (χ2v) is 4.61. The van der Waals surface area contributed by atoms with Gasteiger partial charge in [0.05, 0.1) is 12.5 Å². The maximum absolute atomic E-state index is 12.4. The number of ether oxygens (including phenoxy) is 2. The molecule has 0 bridgehead atoms. The van der Waals surface area contributed by atoms with Crippen molar-refractivity contribution >= 4 is 27.9 Å². The Labute approximate surface area is 124 Å². The lowest BCUT2D eigenvalue weighted by molar-refractivity contribution is -0.142. The maximum Gasteiger partial charge on any atom is 0.343 e. The van der Waals surface area contributed by atoms with Crippen LogP contribution in [0.25, 0.3) is 21.9 Å². The summed E-state index contributed by atoms with van der Waals surface area (Å²) in [6.07, 6.45) is 0. The second kappa shape index (κ2) is 5.40. The molecular weight excluding hydrogens is 288 g/mol. The molecule has 0 unspecified atom stereocenters. The van der Waals surface area contributed by atoms with Crippen molar-refractivity contribution < 1.29 is 23.8 Å². The fourth-order valence-electron chi connectivity index (χ4n) is 2.17. The monoisotopic (exact) mass is 300 g/mol. The van der Waals surface area contributed by atoms with Crippen LogP contribution in [0.5, 0.6) is 11.5 Å². The van der Waals surface area contributed by atoms with Gasteiger partial charge in [0, 0.05) is 12.1 Å². The molecule has 0 fully saturated rings. The van der Waals surface area contributed by atoms with Crippen LogP contribution in [-0.2, 0) is 9.53 Å². The lowest BCUT2D eigenvalue weighted by Crippen LogP contribution is -2.12. The normalized spacial score (nSPS) is 10.8. The van der Waals surface area contributed by atoms with Crippen molar-refractivity contribution in [2.75, 3.05) is 13.7 Å². The molecule has 0 aliphatic rings. The highest BCUT2D eigenvalue weighted by Gasteiger charge is 2.14. The first-order chi connectivity index (χ1) is 10.6. The van der Waals surface area contributed by atoms with E-state index in [0.717, 1.165) is 0 Å². The summed E-state index contributed by atoms with van der Waals surface area (Å²) in [4.78, 5) is 23.5. The minimum atomic E-state index is -0.556. The molecule has 3 rings (SSSR count). The minimum Gasteiger partial charge on any atom is -0.507 e. The number of esters is 1. The molecule has 0 radical (unpaired) electrons. The Kier molecular flexibility index (Phi) is 3.42. The van der Waals surface area contributed by atoms with Crippen LogP contribution < -0.4 is 10.2 Å². The number of para-hydroxylation sites is 1. The van der Waals surface area contributed by atoms with Crippen LogP contribution in [0.2, 0.25) is 0 Å². The number of benzene rings is 2. The summed E-state index contributed by atoms with van der Waals surface area (Å²) >= 11 is 0. The Balaban J connectivity index is 2.15. The Morgan fingerprint density at radius 2 is 2.00 bits per heavy atom. The van der Waals surface area contributed by atoms with E-state index in [1.165, 1.54) is 19.2 Å². The van der Waals surface area contributed by atoms with Crippen molar-refractivity contribution in [3.63, 3.8) is 0 Å². The first kappa shape index (κ1) is 13.9. The van der Waals surface area contributed by atoms with Gasteiger partial charge >= 0.3 is 5.97 Å². The fourth-order valence-corrected chi connectivity index (χ4v) is 2.17. The van der Waals surface area contributed by atoms with E-state index in [1.807, 2.05) is 0 Å². The zero-order valence-electron chi connectivity index (χ0n) is 11.7. The van der Waals surface area contributed by atoms with E-state index in [0.29, 0.717) is 11.0 Å². The highest BCUT2D eigenvalue weighted by Crippen LogP contribution is 2.30. The summed E-state index contributed by atoms with van der Waals surface area (Å²) in [5.41, 5.74) is 0.266. The lowest BCUT2D eigenvalue weighted by atomic mass is 10.1. The number of rotatable bonds is 3. The Hall–Kier alpha value is -3.02. The predicted molar refractivity (Wildman–Crippen MR) is 79.2 cm³/mol. The molecule has 1 heterocycles. The molecule has 6 heteroatoms. The molecule has 2 aromatic carbocycles. The van der Waals surface area contributed by atoms with Crippen LogP contribution in [0.1, 0.15) is 0 Å². The van der Waals surface area contributed by atoms with Crippen LogP contribution in [0.4, 0.5) is 0 Å². The Bertz CT molecular complexity index is 925. The van der Waals surface area contributed by atoms with Crippen LogP contribution in [0.3, 0.4) is 0 Å². The number of carbonyl (C=O) groups excluding carboxylic acids is 1. The first-order valence-electron chi connectivity index (χ1n) is 6.48. The molecule has 0 aliphatic heterocycles. The van der Waals surface area contributed by atoms with Gasteiger partial charge in [-0.25, -0.2) is 4.79 Å². The maximum atomic E-state index is 12.4. The van der Waals surface area contributed by atoms with Gasteiger partial charge in [-0.2, -0.15) is 0 Å². The topological polar surface area (TPSA) is 86.0 Å². The van der Waals surface area contributed by atoms with E-state index < -0.39 is 5.97 Å². The minimum absolute atomic E-state index is 0.0733.